The molecule has 1 N–H and O–H groups in total. The van der Waals surface area contributed by atoms with Crippen LogP contribution in [0, 0.1) is 0 Å². The number of aliphatic hydroxyl groups excluding tert-OH is 1. The van der Waals surface area contributed by atoms with Gasteiger partial charge in [0, 0.05) is 24.4 Å². The van der Waals surface area contributed by atoms with Gasteiger partial charge < -0.3 is 14.4 Å². The number of fused-ring (bicyclic) bond motifs is 1. The van der Waals surface area contributed by atoms with Crippen molar-refractivity contribution in [3.8, 4) is 11.1 Å². The number of carbonyl (C=O) groups excluding carboxylic acids is 1. The van der Waals surface area contributed by atoms with Gasteiger partial charge in [-0.1, -0.05) is 48.5 Å². The lowest BCUT2D eigenvalue weighted by atomic mass is 9.96. The lowest BCUT2D eigenvalue weighted by Gasteiger charge is -2.23. The van der Waals surface area contributed by atoms with Crippen molar-refractivity contribution in [2.24, 2.45) is 7.05 Å². The molecule has 1 fully saturated rings. The fourth-order valence-electron chi connectivity index (χ4n) is 3.71. The van der Waals surface area contributed by atoms with E-state index in [0.29, 0.717) is 11.8 Å². The highest BCUT2D eigenvalue weighted by molar-refractivity contribution is 5.99. The summed E-state index contributed by atoms with van der Waals surface area (Å²) in [5.41, 5.74) is 2.58. The van der Waals surface area contributed by atoms with Gasteiger partial charge in [-0.15, -0.1) is 0 Å². The van der Waals surface area contributed by atoms with Crippen LogP contribution in [0.1, 0.15) is 18.5 Å². The summed E-state index contributed by atoms with van der Waals surface area (Å²) < 4.78 is 6.92. The van der Waals surface area contributed by atoms with E-state index in [1.54, 1.807) is 17.7 Å². The van der Waals surface area contributed by atoms with Crippen molar-refractivity contribution >= 4 is 22.8 Å². The molecule has 2 atom stereocenters. The van der Waals surface area contributed by atoms with Crippen LogP contribution >= 0.6 is 0 Å². The maximum absolute atomic E-state index is 12.9. The zero-order valence-corrected chi connectivity index (χ0v) is 15.5. The highest BCUT2D eigenvalue weighted by Gasteiger charge is 2.25. The fraction of sp³-hybridized carbons (Fsp3) is 0.217. The first-order valence-corrected chi connectivity index (χ1v) is 9.27. The molecular formula is C23H21NO4. The number of nitrogens with zero attached hydrogens (tertiary/aromatic N) is 1. The van der Waals surface area contributed by atoms with Gasteiger partial charge in [-0.25, -0.2) is 0 Å². The number of hydrogen-bond acceptors (Lipinski definition) is 4. The smallest absolute Gasteiger partial charge is 0.309 e. The number of pyridine rings is 1. The van der Waals surface area contributed by atoms with Gasteiger partial charge >= 0.3 is 5.97 Å². The van der Waals surface area contributed by atoms with Gasteiger partial charge in [0.15, 0.2) is 0 Å². The molecule has 5 heteroatoms. The monoisotopic (exact) mass is 375 g/mol. The molecule has 0 radical (unpaired) electrons. The van der Waals surface area contributed by atoms with Crippen molar-refractivity contribution in [3.63, 3.8) is 0 Å². The van der Waals surface area contributed by atoms with E-state index in [9.17, 15) is 14.7 Å². The van der Waals surface area contributed by atoms with Crippen LogP contribution in [-0.4, -0.2) is 27.9 Å². The van der Waals surface area contributed by atoms with Gasteiger partial charge in [0.2, 0.25) is 0 Å². The summed E-state index contributed by atoms with van der Waals surface area (Å²) in [6.07, 6.45) is 2.72. The SMILES string of the molecule is Cn1c(C=CC2CC(O)CC(=O)O2)c(-c2ccccc2)c2ccccc2c1=O. The Morgan fingerprint density at radius 3 is 2.43 bits per heavy atom. The molecule has 0 aliphatic carbocycles. The Kier molecular flexibility index (Phi) is 4.84. The van der Waals surface area contributed by atoms with E-state index in [4.69, 9.17) is 4.74 Å². The van der Waals surface area contributed by atoms with E-state index in [0.717, 1.165) is 22.2 Å². The van der Waals surface area contributed by atoms with E-state index in [1.807, 2.05) is 60.7 Å². The fourth-order valence-corrected chi connectivity index (χ4v) is 3.71. The minimum atomic E-state index is -0.704. The lowest BCUT2D eigenvalue weighted by molar-refractivity contribution is -0.156. The normalized spacial score (nSPS) is 19.9. The van der Waals surface area contributed by atoms with Crippen molar-refractivity contribution in [3.05, 3.63) is 76.7 Å². The zero-order valence-electron chi connectivity index (χ0n) is 15.5. The van der Waals surface area contributed by atoms with Crippen molar-refractivity contribution in [2.75, 3.05) is 0 Å². The van der Waals surface area contributed by atoms with Crippen molar-refractivity contribution in [1.82, 2.24) is 4.57 Å². The summed E-state index contributed by atoms with van der Waals surface area (Å²) in [6.45, 7) is 0. The van der Waals surface area contributed by atoms with Crippen LogP contribution < -0.4 is 5.56 Å². The maximum Gasteiger partial charge on any atom is 0.309 e. The first kappa shape index (κ1) is 18.2. The number of ether oxygens (including phenoxy) is 1. The van der Waals surface area contributed by atoms with Crippen LogP contribution in [0.5, 0.6) is 0 Å². The third-order valence-corrected chi connectivity index (χ3v) is 5.07. The zero-order chi connectivity index (χ0) is 19.7. The summed E-state index contributed by atoms with van der Waals surface area (Å²) in [5, 5.41) is 11.4. The summed E-state index contributed by atoms with van der Waals surface area (Å²) in [7, 11) is 1.74. The lowest BCUT2D eigenvalue weighted by Crippen LogP contribution is -2.31. The first-order chi connectivity index (χ1) is 13.5. The molecule has 5 nitrogen and oxygen atoms in total. The van der Waals surface area contributed by atoms with Crippen LogP contribution in [0.25, 0.3) is 28.0 Å². The molecule has 142 valence electrons. The number of aliphatic hydroxyl groups is 1. The van der Waals surface area contributed by atoms with Gasteiger partial charge in [-0.3, -0.25) is 9.59 Å². The molecule has 0 bridgehead atoms. The second kappa shape index (κ2) is 7.44. The third-order valence-electron chi connectivity index (χ3n) is 5.07. The Morgan fingerprint density at radius 2 is 1.71 bits per heavy atom. The second-order valence-corrected chi connectivity index (χ2v) is 7.02. The summed E-state index contributed by atoms with van der Waals surface area (Å²) in [4.78, 5) is 24.5. The highest BCUT2D eigenvalue weighted by atomic mass is 16.5. The summed E-state index contributed by atoms with van der Waals surface area (Å²) in [6, 6.07) is 17.4. The number of hydrogen-bond donors (Lipinski definition) is 1. The molecule has 1 saturated heterocycles. The molecule has 28 heavy (non-hydrogen) atoms. The van der Waals surface area contributed by atoms with Crippen molar-refractivity contribution in [2.45, 2.75) is 25.0 Å². The number of aromatic nitrogens is 1. The molecule has 0 amide bonds. The number of carbonyl (C=O) groups is 1. The Bertz CT molecular complexity index is 1110. The average molecular weight is 375 g/mol. The molecule has 3 aromatic rings. The Labute approximate surface area is 162 Å². The molecule has 4 rings (SSSR count). The first-order valence-electron chi connectivity index (χ1n) is 9.27. The molecular weight excluding hydrogens is 354 g/mol. The molecule has 1 aliphatic rings. The topological polar surface area (TPSA) is 68.5 Å². The molecule has 1 aliphatic heterocycles. The standard InChI is InChI=1S/C23H21NO4/c1-24-20(12-11-17-13-16(25)14-21(26)28-17)22(15-7-3-2-4-8-15)18-9-5-6-10-19(18)23(24)27/h2-12,16-17,25H,13-14H2,1H3. The maximum atomic E-state index is 12.9. The average Bonchev–Trinajstić information content (AvgIpc) is 2.69. The van der Waals surface area contributed by atoms with E-state index in [2.05, 4.69) is 0 Å². The van der Waals surface area contributed by atoms with Gasteiger partial charge in [0.25, 0.3) is 5.56 Å². The van der Waals surface area contributed by atoms with Gasteiger partial charge in [-0.05, 0) is 29.2 Å². The van der Waals surface area contributed by atoms with Gasteiger partial charge in [0.05, 0.1) is 18.2 Å². The number of rotatable bonds is 3. The minimum absolute atomic E-state index is 0.0219. The molecule has 0 spiro atoms. The largest absolute Gasteiger partial charge is 0.458 e. The third kappa shape index (κ3) is 3.37. The number of esters is 1. The summed E-state index contributed by atoms with van der Waals surface area (Å²) in [5.74, 6) is -0.413. The predicted octanol–water partition coefficient (Wildman–Crippen LogP) is 3.29. The van der Waals surface area contributed by atoms with Crippen LogP contribution in [0.2, 0.25) is 0 Å². The molecule has 2 heterocycles. The minimum Gasteiger partial charge on any atom is -0.458 e. The highest BCUT2D eigenvalue weighted by Crippen LogP contribution is 2.31. The molecule has 2 unspecified atom stereocenters. The molecule has 0 saturated carbocycles. The Morgan fingerprint density at radius 1 is 1.04 bits per heavy atom. The van der Waals surface area contributed by atoms with Crippen LogP contribution in [0.15, 0.2) is 65.5 Å². The number of cyclic esters (lactones) is 1. The van der Waals surface area contributed by atoms with Crippen LogP contribution in [-0.2, 0) is 16.6 Å². The van der Waals surface area contributed by atoms with E-state index in [1.165, 1.54) is 0 Å². The summed E-state index contributed by atoms with van der Waals surface area (Å²) >= 11 is 0. The number of benzene rings is 2. The quantitative estimate of drug-likeness (QED) is 0.714. The Hall–Kier alpha value is -3.18. The predicted molar refractivity (Wildman–Crippen MR) is 109 cm³/mol. The van der Waals surface area contributed by atoms with Gasteiger partial charge in [-0.2, -0.15) is 0 Å². The van der Waals surface area contributed by atoms with Crippen molar-refractivity contribution < 1.29 is 14.6 Å². The second-order valence-electron chi connectivity index (χ2n) is 7.02. The van der Waals surface area contributed by atoms with Crippen LogP contribution in [0.3, 0.4) is 0 Å². The van der Waals surface area contributed by atoms with Gasteiger partial charge in [0.1, 0.15) is 6.10 Å². The molecule has 2 aromatic carbocycles. The van der Waals surface area contributed by atoms with Crippen LogP contribution in [0.4, 0.5) is 0 Å². The molecule has 1 aromatic heterocycles. The Balaban J connectivity index is 1.90. The van der Waals surface area contributed by atoms with E-state index < -0.39 is 18.2 Å². The van der Waals surface area contributed by atoms with E-state index in [-0.39, 0.29) is 12.0 Å². The van der Waals surface area contributed by atoms with Crippen molar-refractivity contribution in [1.29, 1.82) is 0 Å². The van der Waals surface area contributed by atoms with E-state index >= 15 is 0 Å².